The lowest BCUT2D eigenvalue weighted by Gasteiger charge is -2.16. The first-order valence-corrected chi connectivity index (χ1v) is 5.20. The smallest absolute Gasteiger partial charge is 0.416 e. The van der Waals surface area contributed by atoms with Crippen LogP contribution in [0.4, 0.5) is 17.6 Å². The Hall–Kier alpha value is -1.89. The molecule has 0 saturated heterocycles. The van der Waals surface area contributed by atoms with Crippen LogP contribution in [0.1, 0.15) is 17.2 Å². The van der Waals surface area contributed by atoms with Gasteiger partial charge in [0.2, 0.25) is 0 Å². The molecule has 0 bridgehead atoms. The standard InChI is InChI=1S/C12H11F4NO2/c1-2-3-17-10(11(18)19)7-4-8(12(14,15)16)6-9(13)5-7/h2,4-6,10,17H,1,3H2,(H,18,19). The molecule has 1 aromatic rings. The summed E-state index contributed by atoms with van der Waals surface area (Å²) in [7, 11) is 0. The van der Waals surface area contributed by atoms with Gasteiger partial charge in [0.25, 0.3) is 0 Å². The average molecular weight is 277 g/mol. The molecule has 0 aromatic heterocycles. The monoisotopic (exact) mass is 277 g/mol. The van der Waals surface area contributed by atoms with Crippen molar-refractivity contribution >= 4 is 5.97 Å². The maximum Gasteiger partial charge on any atom is 0.416 e. The molecule has 1 aromatic carbocycles. The highest BCUT2D eigenvalue weighted by atomic mass is 19.4. The summed E-state index contributed by atoms with van der Waals surface area (Å²) in [5.41, 5.74) is -1.53. The van der Waals surface area contributed by atoms with Crippen molar-refractivity contribution in [3.63, 3.8) is 0 Å². The molecule has 1 atom stereocenters. The molecular weight excluding hydrogens is 266 g/mol. The summed E-state index contributed by atoms with van der Waals surface area (Å²) in [6.07, 6.45) is -3.39. The van der Waals surface area contributed by atoms with Crippen LogP contribution in [0.15, 0.2) is 30.9 Å². The summed E-state index contributed by atoms with van der Waals surface area (Å²) in [5.74, 6) is -2.54. The molecule has 2 N–H and O–H groups in total. The largest absolute Gasteiger partial charge is 0.480 e. The molecule has 0 saturated carbocycles. The Morgan fingerprint density at radius 3 is 2.53 bits per heavy atom. The van der Waals surface area contributed by atoms with E-state index in [2.05, 4.69) is 11.9 Å². The van der Waals surface area contributed by atoms with Gasteiger partial charge >= 0.3 is 12.1 Å². The zero-order chi connectivity index (χ0) is 14.6. The van der Waals surface area contributed by atoms with Crippen LogP contribution in [0.25, 0.3) is 0 Å². The molecule has 0 aliphatic rings. The number of hydrogen-bond acceptors (Lipinski definition) is 2. The van der Waals surface area contributed by atoms with E-state index in [0.717, 1.165) is 6.07 Å². The van der Waals surface area contributed by atoms with Gasteiger partial charge in [0, 0.05) is 6.54 Å². The number of nitrogens with one attached hydrogen (secondary N) is 1. The minimum absolute atomic E-state index is 0.0643. The van der Waals surface area contributed by atoms with E-state index in [4.69, 9.17) is 5.11 Å². The highest BCUT2D eigenvalue weighted by Crippen LogP contribution is 2.31. The molecule has 0 amide bonds. The van der Waals surface area contributed by atoms with Crippen LogP contribution >= 0.6 is 0 Å². The summed E-state index contributed by atoms with van der Waals surface area (Å²) in [4.78, 5) is 11.0. The maximum atomic E-state index is 13.2. The van der Waals surface area contributed by atoms with Gasteiger partial charge in [-0.3, -0.25) is 10.1 Å². The Kier molecular flexibility index (Phi) is 4.66. The molecule has 1 rings (SSSR count). The molecular formula is C12H11F4NO2. The first kappa shape index (κ1) is 15.2. The third-order valence-electron chi connectivity index (χ3n) is 2.29. The SMILES string of the molecule is C=CCNC(C(=O)O)c1cc(F)cc(C(F)(F)F)c1. The molecule has 1 unspecified atom stereocenters. The lowest BCUT2D eigenvalue weighted by Crippen LogP contribution is -2.29. The number of benzene rings is 1. The highest BCUT2D eigenvalue weighted by Gasteiger charge is 2.32. The predicted molar refractivity (Wildman–Crippen MR) is 60.0 cm³/mol. The second-order valence-corrected chi connectivity index (χ2v) is 3.74. The molecule has 0 aliphatic heterocycles. The molecule has 0 radical (unpaired) electrons. The van der Waals surface area contributed by atoms with Gasteiger partial charge in [-0.25, -0.2) is 4.39 Å². The predicted octanol–water partition coefficient (Wildman–Crippen LogP) is 2.75. The summed E-state index contributed by atoms with van der Waals surface area (Å²) < 4.78 is 50.7. The van der Waals surface area contributed by atoms with E-state index in [9.17, 15) is 22.4 Å². The second kappa shape index (κ2) is 5.83. The number of carboxylic acid groups (broad SMARTS) is 1. The normalized spacial score (nSPS) is 13.1. The Balaban J connectivity index is 3.19. The van der Waals surface area contributed by atoms with Crippen molar-refractivity contribution in [1.82, 2.24) is 5.32 Å². The van der Waals surface area contributed by atoms with Gasteiger partial charge in [-0.05, 0) is 23.8 Å². The van der Waals surface area contributed by atoms with Crippen molar-refractivity contribution in [3.05, 3.63) is 47.8 Å². The molecule has 7 heteroatoms. The van der Waals surface area contributed by atoms with E-state index in [-0.39, 0.29) is 12.1 Å². The molecule has 0 aliphatic carbocycles. The van der Waals surface area contributed by atoms with Crippen LogP contribution in [0.3, 0.4) is 0 Å². The number of hydrogen-bond donors (Lipinski definition) is 2. The van der Waals surface area contributed by atoms with Gasteiger partial charge in [0.05, 0.1) is 5.56 Å². The molecule has 19 heavy (non-hydrogen) atoms. The van der Waals surface area contributed by atoms with Crippen molar-refractivity contribution in [2.24, 2.45) is 0 Å². The van der Waals surface area contributed by atoms with E-state index < -0.39 is 29.6 Å². The molecule has 104 valence electrons. The first-order valence-electron chi connectivity index (χ1n) is 5.20. The topological polar surface area (TPSA) is 49.3 Å². The van der Waals surface area contributed by atoms with Gasteiger partial charge in [-0.15, -0.1) is 6.58 Å². The maximum absolute atomic E-state index is 13.2. The van der Waals surface area contributed by atoms with E-state index in [1.54, 1.807) is 0 Å². The van der Waals surface area contributed by atoms with Crippen LogP contribution in [-0.4, -0.2) is 17.6 Å². The number of carbonyl (C=O) groups is 1. The lowest BCUT2D eigenvalue weighted by molar-refractivity contribution is -0.140. The van der Waals surface area contributed by atoms with Crippen molar-refractivity contribution in [2.75, 3.05) is 6.54 Å². The fourth-order valence-corrected chi connectivity index (χ4v) is 1.49. The quantitative estimate of drug-likeness (QED) is 0.642. The van der Waals surface area contributed by atoms with E-state index in [1.165, 1.54) is 6.08 Å². The number of alkyl halides is 3. The number of aliphatic carboxylic acids is 1. The number of halogens is 4. The van der Waals surface area contributed by atoms with Crippen LogP contribution in [-0.2, 0) is 11.0 Å². The lowest BCUT2D eigenvalue weighted by atomic mass is 10.0. The van der Waals surface area contributed by atoms with Crippen LogP contribution < -0.4 is 5.32 Å². The third-order valence-corrected chi connectivity index (χ3v) is 2.29. The zero-order valence-electron chi connectivity index (χ0n) is 9.67. The van der Waals surface area contributed by atoms with Gasteiger partial charge in [-0.2, -0.15) is 13.2 Å². The molecule has 0 fully saturated rings. The molecule has 0 spiro atoms. The fraction of sp³-hybridized carbons (Fsp3) is 0.250. The van der Waals surface area contributed by atoms with Gasteiger partial charge in [0.1, 0.15) is 11.9 Å². The van der Waals surface area contributed by atoms with Crippen LogP contribution in [0, 0.1) is 5.82 Å². The minimum atomic E-state index is -4.74. The van der Waals surface area contributed by atoms with Crippen molar-refractivity contribution in [2.45, 2.75) is 12.2 Å². The Labute approximate surface area is 106 Å². The van der Waals surface area contributed by atoms with Gasteiger partial charge < -0.3 is 5.11 Å². The van der Waals surface area contributed by atoms with E-state index in [1.807, 2.05) is 0 Å². The summed E-state index contributed by atoms with van der Waals surface area (Å²) >= 11 is 0. The van der Waals surface area contributed by atoms with Crippen molar-refractivity contribution < 1.29 is 27.5 Å². The Morgan fingerprint density at radius 1 is 1.42 bits per heavy atom. The highest BCUT2D eigenvalue weighted by molar-refractivity contribution is 5.75. The second-order valence-electron chi connectivity index (χ2n) is 3.74. The molecule has 3 nitrogen and oxygen atoms in total. The molecule has 0 heterocycles. The van der Waals surface area contributed by atoms with Crippen molar-refractivity contribution in [1.29, 1.82) is 0 Å². The van der Waals surface area contributed by atoms with Gasteiger partial charge in [0.15, 0.2) is 0 Å². The summed E-state index contributed by atoms with van der Waals surface area (Å²) in [5, 5.41) is 11.4. The Bertz CT molecular complexity index is 485. The average Bonchev–Trinajstić information content (AvgIpc) is 2.27. The minimum Gasteiger partial charge on any atom is -0.480 e. The van der Waals surface area contributed by atoms with E-state index in [0.29, 0.717) is 12.1 Å². The van der Waals surface area contributed by atoms with Gasteiger partial charge in [-0.1, -0.05) is 6.08 Å². The number of carboxylic acids is 1. The van der Waals surface area contributed by atoms with E-state index >= 15 is 0 Å². The number of rotatable bonds is 5. The summed E-state index contributed by atoms with van der Waals surface area (Å²) in [6.45, 7) is 3.41. The Morgan fingerprint density at radius 2 is 2.05 bits per heavy atom. The van der Waals surface area contributed by atoms with Crippen LogP contribution in [0.2, 0.25) is 0 Å². The third kappa shape index (κ3) is 4.06. The first-order chi connectivity index (χ1) is 8.75. The van der Waals surface area contributed by atoms with Crippen molar-refractivity contribution in [3.8, 4) is 0 Å². The fourth-order valence-electron chi connectivity index (χ4n) is 1.49. The zero-order valence-corrected chi connectivity index (χ0v) is 9.67. The van der Waals surface area contributed by atoms with Crippen LogP contribution in [0.5, 0.6) is 0 Å². The summed E-state index contributed by atoms with van der Waals surface area (Å²) in [6, 6.07) is 0.243.